The van der Waals surface area contributed by atoms with Gasteiger partial charge >= 0.3 is 0 Å². The zero-order valence-electron chi connectivity index (χ0n) is 31.2. The maximum atomic E-state index is 2.60. The van der Waals surface area contributed by atoms with Crippen LogP contribution < -0.4 is 4.90 Å². The van der Waals surface area contributed by atoms with Crippen LogP contribution in [-0.2, 0) is 5.41 Å². The molecule has 8 aromatic rings. The predicted octanol–water partition coefficient (Wildman–Crippen LogP) is 15.2. The Kier molecular flexibility index (Phi) is 7.99. The Morgan fingerprint density at radius 1 is 0.463 bits per heavy atom. The van der Waals surface area contributed by atoms with Gasteiger partial charge < -0.3 is 4.90 Å². The van der Waals surface area contributed by atoms with Crippen molar-refractivity contribution < 1.29 is 0 Å². The molecule has 262 valence electrons. The van der Waals surface area contributed by atoms with Crippen LogP contribution in [0.25, 0.3) is 54.9 Å². The maximum absolute atomic E-state index is 2.60. The summed E-state index contributed by atoms with van der Waals surface area (Å²) in [5.74, 6) is 0.603. The molecule has 0 saturated heterocycles. The van der Waals surface area contributed by atoms with Crippen LogP contribution in [0.4, 0.5) is 17.1 Å². The summed E-state index contributed by atoms with van der Waals surface area (Å²) in [7, 11) is 0. The molecule has 0 spiro atoms. The normalized spacial score (nSPS) is 14.9. The van der Waals surface area contributed by atoms with Gasteiger partial charge in [0.15, 0.2) is 0 Å². The molecule has 0 unspecified atom stereocenters. The van der Waals surface area contributed by atoms with Crippen molar-refractivity contribution in [1.29, 1.82) is 0 Å². The van der Waals surface area contributed by atoms with Crippen LogP contribution in [0.2, 0.25) is 0 Å². The molecule has 0 amide bonds. The first kappa shape index (κ1) is 32.7. The van der Waals surface area contributed by atoms with E-state index in [4.69, 9.17) is 0 Å². The molecule has 1 heteroatoms. The fourth-order valence-corrected chi connectivity index (χ4v) is 9.70. The molecule has 54 heavy (non-hydrogen) atoms. The van der Waals surface area contributed by atoms with Gasteiger partial charge in [-0.15, -0.1) is 0 Å². The van der Waals surface area contributed by atoms with Gasteiger partial charge in [0, 0.05) is 27.6 Å². The lowest BCUT2D eigenvalue weighted by Gasteiger charge is -2.33. The molecule has 1 nitrogen and oxygen atoms in total. The molecular weight excluding hydrogens is 651 g/mol. The monoisotopic (exact) mass is 695 g/mol. The van der Waals surface area contributed by atoms with Crippen molar-refractivity contribution in [1.82, 2.24) is 0 Å². The van der Waals surface area contributed by atoms with E-state index in [0.29, 0.717) is 5.92 Å². The van der Waals surface area contributed by atoms with Gasteiger partial charge in [-0.2, -0.15) is 0 Å². The molecule has 8 aromatic carbocycles. The number of benzene rings is 8. The number of rotatable bonds is 6. The number of nitrogens with zero attached hydrogens (tertiary/aromatic N) is 1. The van der Waals surface area contributed by atoms with E-state index < -0.39 is 0 Å². The van der Waals surface area contributed by atoms with Gasteiger partial charge in [0.2, 0.25) is 0 Å². The summed E-state index contributed by atoms with van der Waals surface area (Å²) < 4.78 is 0. The molecular formula is C53H45N. The van der Waals surface area contributed by atoms with E-state index in [9.17, 15) is 0 Å². The molecule has 2 aliphatic rings. The highest BCUT2D eigenvalue weighted by Gasteiger charge is 2.36. The average Bonchev–Trinajstić information content (AvgIpc) is 3.47. The molecule has 0 aromatic heterocycles. The van der Waals surface area contributed by atoms with E-state index in [0.717, 1.165) is 0 Å². The zero-order chi connectivity index (χ0) is 36.2. The minimum absolute atomic E-state index is 0.0698. The Morgan fingerprint density at radius 2 is 1.13 bits per heavy atom. The highest BCUT2D eigenvalue weighted by Crippen LogP contribution is 2.54. The minimum Gasteiger partial charge on any atom is -0.309 e. The molecule has 10 rings (SSSR count). The topological polar surface area (TPSA) is 3.24 Å². The Hall–Kier alpha value is -5.92. The largest absolute Gasteiger partial charge is 0.309 e. The first-order chi connectivity index (χ1) is 26.6. The Labute approximate surface area is 319 Å². The Balaban J connectivity index is 1.31. The number of hydrogen-bond acceptors (Lipinski definition) is 1. The van der Waals surface area contributed by atoms with Crippen LogP contribution in [0.1, 0.15) is 68.6 Å². The second-order valence-electron chi connectivity index (χ2n) is 15.9. The zero-order valence-corrected chi connectivity index (χ0v) is 31.2. The molecule has 1 saturated carbocycles. The van der Waals surface area contributed by atoms with Crippen molar-refractivity contribution >= 4 is 38.6 Å². The second kappa shape index (κ2) is 13.2. The lowest BCUT2D eigenvalue weighted by Crippen LogP contribution is -2.16. The van der Waals surface area contributed by atoms with Crippen molar-refractivity contribution in [2.75, 3.05) is 4.90 Å². The number of hydrogen-bond donors (Lipinski definition) is 0. The second-order valence-corrected chi connectivity index (χ2v) is 15.9. The highest BCUT2D eigenvalue weighted by molar-refractivity contribution is 6.11. The Bertz CT molecular complexity index is 2670. The summed E-state index contributed by atoms with van der Waals surface area (Å²) >= 11 is 0. The van der Waals surface area contributed by atoms with E-state index in [1.54, 1.807) is 0 Å². The van der Waals surface area contributed by atoms with E-state index in [-0.39, 0.29) is 5.41 Å². The molecule has 2 aliphatic carbocycles. The summed E-state index contributed by atoms with van der Waals surface area (Å²) in [5.41, 5.74) is 15.4. The third-order valence-electron chi connectivity index (χ3n) is 12.5. The van der Waals surface area contributed by atoms with E-state index in [1.165, 1.54) is 121 Å². The van der Waals surface area contributed by atoms with Gasteiger partial charge in [-0.25, -0.2) is 0 Å². The van der Waals surface area contributed by atoms with Gasteiger partial charge in [-0.1, -0.05) is 179 Å². The minimum atomic E-state index is -0.0698. The standard InChI is InChI=1S/C53H45N/c1-53(2)49-27-14-13-25-45(49)48-35-41(30-32-50(48)53)54(51-33-29-40(36-16-5-3-6-17-36)34-47(51)38-18-7-4-8-19-38)52-43-24-12-10-21-39(43)28-31-46(52)44-26-15-22-37-20-9-11-23-42(37)44/h4,7-15,18-36H,3,5-6,16-17H2,1-2H3. The fraction of sp³-hybridized carbons (Fsp3) is 0.170. The SMILES string of the molecule is CC1(C)c2ccccc2-c2cc(N(c3ccc(C4CCCCC4)cc3-c3ccccc3)c3c(-c4cccc5ccccc45)ccc4ccccc34)ccc21. The van der Waals surface area contributed by atoms with Gasteiger partial charge in [-0.3, -0.25) is 0 Å². The molecule has 1 fully saturated rings. The van der Waals surface area contributed by atoms with Gasteiger partial charge in [0.1, 0.15) is 0 Å². The third kappa shape index (κ3) is 5.37. The predicted molar refractivity (Wildman–Crippen MR) is 230 cm³/mol. The summed E-state index contributed by atoms with van der Waals surface area (Å²) in [6.07, 6.45) is 6.52. The quantitative estimate of drug-likeness (QED) is 0.167. The molecule has 0 heterocycles. The van der Waals surface area contributed by atoms with Crippen molar-refractivity contribution in [2.45, 2.75) is 57.3 Å². The lowest BCUT2D eigenvalue weighted by molar-refractivity contribution is 0.444. The van der Waals surface area contributed by atoms with Gasteiger partial charge in [-0.05, 0) is 98.1 Å². The van der Waals surface area contributed by atoms with Crippen molar-refractivity contribution in [3.8, 4) is 33.4 Å². The van der Waals surface area contributed by atoms with Crippen LogP contribution in [0.5, 0.6) is 0 Å². The number of anilines is 3. The van der Waals surface area contributed by atoms with Gasteiger partial charge in [0.05, 0.1) is 11.4 Å². The lowest BCUT2D eigenvalue weighted by atomic mass is 9.82. The van der Waals surface area contributed by atoms with Crippen LogP contribution in [0, 0.1) is 0 Å². The van der Waals surface area contributed by atoms with E-state index in [2.05, 4.69) is 189 Å². The average molecular weight is 696 g/mol. The number of fused-ring (bicyclic) bond motifs is 5. The molecule has 0 atom stereocenters. The van der Waals surface area contributed by atoms with Crippen molar-refractivity contribution in [2.24, 2.45) is 0 Å². The summed E-state index contributed by atoms with van der Waals surface area (Å²) in [4.78, 5) is 2.60. The van der Waals surface area contributed by atoms with Crippen molar-refractivity contribution in [3.05, 3.63) is 187 Å². The molecule has 0 radical (unpaired) electrons. The summed E-state index contributed by atoms with van der Waals surface area (Å²) in [5, 5.41) is 4.98. The molecule has 0 aliphatic heterocycles. The van der Waals surface area contributed by atoms with Crippen LogP contribution in [0.15, 0.2) is 170 Å². The van der Waals surface area contributed by atoms with E-state index >= 15 is 0 Å². The fourth-order valence-electron chi connectivity index (χ4n) is 9.70. The first-order valence-electron chi connectivity index (χ1n) is 19.8. The summed E-state index contributed by atoms with van der Waals surface area (Å²) in [6, 6.07) is 63.9. The smallest absolute Gasteiger partial charge is 0.0618 e. The first-order valence-corrected chi connectivity index (χ1v) is 19.8. The van der Waals surface area contributed by atoms with Crippen molar-refractivity contribution in [3.63, 3.8) is 0 Å². The van der Waals surface area contributed by atoms with Crippen LogP contribution in [0.3, 0.4) is 0 Å². The Morgan fingerprint density at radius 3 is 1.96 bits per heavy atom. The van der Waals surface area contributed by atoms with Crippen LogP contribution >= 0.6 is 0 Å². The van der Waals surface area contributed by atoms with Crippen LogP contribution in [-0.4, -0.2) is 0 Å². The van der Waals surface area contributed by atoms with E-state index in [1.807, 2.05) is 0 Å². The third-order valence-corrected chi connectivity index (χ3v) is 12.5. The summed E-state index contributed by atoms with van der Waals surface area (Å²) in [6.45, 7) is 4.74. The van der Waals surface area contributed by atoms with Gasteiger partial charge in [0.25, 0.3) is 0 Å². The highest BCUT2D eigenvalue weighted by atomic mass is 15.1. The maximum Gasteiger partial charge on any atom is 0.0618 e. The molecule has 0 N–H and O–H groups in total. The molecule has 0 bridgehead atoms.